The molecule has 1 aliphatic heterocycles. The Morgan fingerprint density at radius 1 is 0.824 bits per heavy atom. The first-order chi connectivity index (χ1) is 40.7. The van der Waals surface area contributed by atoms with Gasteiger partial charge >= 0.3 is 12.2 Å². The molecule has 2 aliphatic carbocycles. The van der Waals surface area contributed by atoms with Gasteiger partial charge in [0.25, 0.3) is 5.96 Å². The molecule has 3 aliphatic rings. The number of guanidine groups is 1. The second-order valence-electron chi connectivity index (χ2n) is 20.3. The van der Waals surface area contributed by atoms with E-state index in [1.165, 1.54) is 56.5 Å². The van der Waals surface area contributed by atoms with E-state index in [4.69, 9.17) is 29.4 Å². The van der Waals surface area contributed by atoms with Gasteiger partial charge in [-0.1, -0.05) is 90.4 Å². The number of nitrogens with one attached hydrogen (secondary N) is 5. The van der Waals surface area contributed by atoms with E-state index in [9.17, 15) is 69.2 Å². The fourth-order valence-corrected chi connectivity index (χ4v) is 10.2. The standard InChI is InChI=1S/C58H62N8O19/c1-30-48(69)38(24-43(84-30)85-41-26-58(78,42(68)27-67)25-36-45(41)52(73)47-46(50(36)71)49(70)35-15-9-17-40(81-2)44(35)51(47)72)63-56(76)83-29-33-18-20-34(21-19-33)61-53(74)37(16-10-22-60-55(59)65-66(79)80)62-54(75)39(23-31-11-5-3-6-12-31)64-57(77)82-28-32-13-7-4-8-14-32/h3-9,11-15,17-21,30,37-39,41,43,48,67,69,71,73,78H,10,16,22-29H2,1-2H3,(H,61,74)(H,62,75)(H,63,76)(H,64,77)(H3,59,60,65)/t30?,37-,38?,39-,41-,43?,48?,58-/m0/s1. The molecule has 8 atom stereocenters. The number of aliphatic hydroxyl groups is 3. The summed E-state index contributed by atoms with van der Waals surface area (Å²) in [6.07, 6.45) is -8.85. The number of phenols is 2. The van der Waals surface area contributed by atoms with Crippen LogP contribution in [0.1, 0.15) is 98.4 Å². The number of phenolic OH excluding ortho intramolecular Hbond substituents is 2. The number of ketones is 3. The first kappa shape index (κ1) is 61.5. The zero-order valence-electron chi connectivity index (χ0n) is 45.9. The van der Waals surface area contributed by atoms with Gasteiger partial charge in [0.15, 0.2) is 22.9 Å². The van der Waals surface area contributed by atoms with Crippen molar-refractivity contribution in [1.82, 2.24) is 21.4 Å². The smallest absolute Gasteiger partial charge is 0.408 e. The highest BCUT2D eigenvalue weighted by atomic mass is 16.7. The van der Waals surface area contributed by atoms with Crippen LogP contribution in [0.5, 0.6) is 17.2 Å². The van der Waals surface area contributed by atoms with Crippen molar-refractivity contribution in [2.75, 3.05) is 25.6 Å². The molecule has 4 amide bonds. The van der Waals surface area contributed by atoms with E-state index in [-0.39, 0.29) is 79.1 Å². The van der Waals surface area contributed by atoms with Crippen molar-refractivity contribution in [1.29, 1.82) is 0 Å². The number of hydrogen-bond acceptors (Lipinski definition) is 20. The van der Waals surface area contributed by atoms with Crippen LogP contribution in [-0.2, 0) is 59.4 Å². The quantitative estimate of drug-likeness (QED) is 0.0116. The van der Waals surface area contributed by atoms with Crippen molar-refractivity contribution in [3.63, 3.8) is 0 Å². The number of hydrogen-bond donors (Lipinski definition) is 11. The second kappa shape index (κ2) is 27.2. The number of nitro groups is 1. The molecule has 1 saturated heterocycles. The molecule has 0 saturated carbocycles. The van der Waals surface area contributed by atoms with Crippen molar-refractivity contribution >= 4 is 53.0 Å². The molecule has 0 aromatic heterocycles. The topological polar surface area (TPSA) is 408 Å². The number of nitrogens with two attached hydrogens (primary N) is 1. The number of alkyl carbamates (subject to hydrolysis) is 2. The van der Waals surface area contributed by atoms with Crippen LogP contribution in [-0.4, -0.2) is 140 Å². The Hall–Kier alpha value is -9.54. The number of hydrazine groups is 1. The monoisotopic (exact) mass is 1170 g/mol. The Balaban J connectivity index is 0.918. The van der Waals surface area contributed by atoms with Crippen LogP contribution in [0.15, 0.2) is 108 Å². The SMILES string of the molecule is COc1cccc2c1C(=O)c1c(O)c3c(c(O)c1C2=O)C[C@@](O)(C(=O)CO)C[C@@H]3OC1CC(NC(=O)OCc2ccc(NC(=O)[C@H](CCCN=C(N)N[N+](=O)[O-])NC(=O)[C@H](Cc3ccccc3)NC(=O)OCc3ccccc3)cc2)C(O)C(C)O1. The summed E-state index contributed by atoms with van der Waals surface area (Å²) >= 11 is 0. The van der Waals surface area contributed by atoms with Crippen LogP contribution < -0.4 is 37.2 Å². The van der Waals surface area contributed by atoms with E-state index in [2.05, 4.69) is 26.3 Å². The summed E-state index contributed by atoms with van der Waals surface area (Å²) in [7, 11) is 1.28. The number of Topliss-reactive ketones (excluding diaryl/α,β-unsaturated/α-hetero) is 1. The van der Waals surface area contributed by atoms with Gasteiger partial charge in [-0.05, 0) is 54.7 Å². The summed E-state index contributed by atoms with van der Waals surface area (Å²) in [6, 6.07) is 24.3. The van der Waals surface area contributed by atoms with Crippen molar-refractivity contribution < 1.29 is 87.8 Å². The Bertz CT molecular complexity index is 3370. The maximum atomic E-state index is 14.1. The number of rotatable bonds is 22. The van der Waals surface area contributed by atoms with Gasteiger partial charge in [-0.3, -0.25) is 24.0 Å². The molecule has 12 N–H and O–H groups in total. The number of carbonyl (C=O) groups is 7. The summed E-state index contributed by atoms with van der Waals surface area (Å²) < 4.78 is 28.4. The summed E-state index contributed by atoms with van der Waals surface area (Å²) in [5, 5.41) is 76.9. The lowest BCUT2D eigenvalue weighted by molar-refractivity contribution is -0.525. The summed E-state index contributed by atoms with van der Waals surface area (Å²) in [5.41, 5.74) is 4.87. The molecule has 5 aromatic rings. The minimum absolute atomic E-state index is 0.0154. The van der Waals surface area contributed by atoms with Gasteiger partial charge in [0.1, 0.15) is 60.9 Å². The summed E-state index contributed by atoms with van der Waals surface area (Å²) in [5.74, 6) is -6.31. The lowest BCUT2D eigenvalue weighted by Gasteiger charge is -2.42. The lowest BCUT2D eigenvalue weighted by atomic mass is 9.72. The molecule has 0 bridgehead atoms. The van der Waals surface area contributed by atoms with E-state index in [0.29, 0.717) is 16.7 Å². The molecule has 448 valence electrons. The van der Waals surface area contributed by atoms with Gasteiger partial charge < -0.3 is 76.2 Å². The fraction of sp³-hybridized carbons (Fsp3) is 0.345. The third-order valence-corrected chi connectivity index (χ3v) is 14.5. The Labute approximate surface area is 484 Å². The molecule has 1 fully saturated rings. The zero-order chi connectivity index (χ0) is 61.1. The molecule has 4 unspecified atom stereocenters. The Morgan fingerprint density at radius 3 is 2.13 bits per heavy atom. The van der Waals surface area contributed by atoms with Crippen LogP contribution in [0.2, 0.25) is 0 Å². The first-order valence-electron chi connectivity index (χ1n) is 26.8. The average Bonchev–Trinajstić information content (AvgIpc) is 0.847. The molecule has 5 aromatic carbocycles. The highest BCUT2D eigenvalue weighted by Crippen LogP contribution is 2.52. The van der Waals surface area contributed by atoms with E-state index in [1.807, 2.05) is 0 Å². The number of amides is 4. The zero-order valence-corrected chi connectivity index (χ0v) is 45.9. The summed E-state index contributed by atoms with van der Waals surface area (Å²) in [6.45, 7) is -0.163. The Morgan fingerprint density at radius 2 is 1.47 bits per heavy atom. The van der Waals surface area contributed by atoms with Gasteiger partial charge in [-0.2, -0.15) is 0 Å². The van der Waals surface area contributed by atoms with E-state index < -0.39 is 143 Å². The normalized spacial score (nSPS) is 20.4. The molecule has 27 nitrogen and oxygen atoms in total. The number of methoxy groups -OCH3 is 1. The van der Waals surface area contributed by atoms with Crippen molar-refractivity contribution in [2.24, 2.45) is 10.7 Å². The molecular formula is C58H62N8O19. The van der Waals surface area contributed by atoms with Crippen LogP contribution in [0.4, 0.5) is 15.3 Å². The van der Waals surface area contributed by atoms with Gasteiger partial charge in [-0.25, -0.2) is 24.7 Å². The van der Waals surface area contributed by atoms with Crippen LogP contribution in [0, 0.1) is 10.1 Å². The molecule has 0 radical (unpaired) electrons. The predicted molar refractivity (Wildman–Crippen MR) is 297 cm³/mol. The van der Waals surface area contributed by atoms with Crippen molar-refractivity contribution in [2.45, 2.75) is 107 Å². The summed E-state index contributed by atoms with van der Waals surface area (Å²) in [4.78, 5) is 110. The molecule has 8 rings (SSSR count). The van der Waals surface area contributed by atoms with Crippen LogP contribution >= 0.6 is 0 Å². The molecule has 27 heteroatoms. The first-order valence-corrected chi connectivity index (χ1v) is 26.8. The van der Waals surface area contributed by atoms with E-state index >= 15 is 0 Å². The average molecular weight is 1180 g/mol. The predicted octanol–water partition coefficient (Wildman–Crippen LogP) is 2.81. The highest BCUT2D eigenvalue weighted by Gasteiger charge is 2.50. The van der Waals surface area contributed by atoms with E-state index in [0.717, 1.165) is 0 Å². The van der Waals surface area contributed by atoms with E-state index in [1.54, 1.807) is 66.1 Å². The van der Waals surface area contributed by atoms with Crippen LogP contribution in [0.3, 0.4) is 0 Å². The van der Waals surface area contributed by atoms with Gasteiger partial charge in [0.2, 0.25) is 17.6 Å². The number of aromatic hydroxyl groups is 2. The molecular weight excluding hydrogens is 1110 g/mol. The van der Waals surface area contributed by atoms with Gasteiger partial charge in [0, 0.05) is 54.6 Å². The number of ether oxygens (including phenoxy) is 5. The molecule has 1 heterocycles. The number of fused-ring (bicyclic) bond motifs is 3. The third-order valence-electron chi connectivity index (χ3n) is 14.5. The maximum Gasteiger partial charge on any atom is 0.408 e. The number of benzene rings is 5. The van der Waals surface area contributed by atoms with Gasteiger partial charge in [0.05, 0.1) is 42.0 Å². The number of carbonyl (C=O) groups excluding carboxylic acids is 7. The Kier molecular flexibility index (Phi) is 19.7. The van der Waals surface area contributed by atoms with Gasteiger partial charge in [-0.15, -0.1) is 0 Å². The third kappa shape index (κ3) is 14.6. The number of aliphatic imine (C=N–C) groups is 1. The molecule has 85 heavy (non-hydrogen) atoms. The number of aliphatic hydroxyl groups excluding tert-OH is 2. The highest BCUT2D eigenvalue weighted by molar-refractivity contribution is 6.31. The van der Waals surface area contributed by atoms with Crippen LogP contribution in [0.25, 0.3) is 0 Å². The maximum absolute atomic E-state index is 14.1. The van der Waals surface area contributed by atoms with Crippen molar-refractivity contribution in [3.05, 3.63) is 163 Å². The lowest BCUT2D eigenvalue weighted by Crippen LogP contribution is -2.56. The number of anilines is 1. The molecule has 0 spiro atoms. The second-order valence-corrected chi connectivity index (χ2v) is 20.3. The number of nitrogens with zero attached hydrogens (tertiary/aromatic N) is 2. The largest absolute Gasteiger partial charge is 0.507 e. The van der Waals surface area contributed by atoms with Crippen molar-refractivity contribution in [3.8, 4) is 17.2 Å². The minimum atomic E-state index is -2.43. The minimum Gasteiger partial charge on any atom is -0.507 e. The fourth-order valence-electron chi connectivity index (χ4n) is 10.2.